The summed E-state index contributed by atoms with van der Waals surface area (Å²) in [7, 11) is 0. The first-order valence-electron chi connectivity index (χ1n) is 12.8. The first kappa shape index (κ1) is 29.3. The Bertz CT molecular complexity index is 1680. The van der Waals surface area contributed by atoms with Crippen molar-refractivity contribution >= 4 is 80.4 Å². The van der Waals surface area contributed by atoms with Crippen molar-refractivity contribution in [2.24, 2.45) is 0 Å². The summed E-state index contributed by atoms with van der Waals surface area (Å²) in [6.07, 6.45) is 1.64. The van der Waals surface area contributed by atoms with Crippen LogP contribution in [0.5, 0.6) is 0 Å². The summed E-state index contributed by atoms with van der Waals surface area (Å²) in [5.74, 6) is -1.48. The number of benzene rings is 4. The zero-order valence-electron chi connectivity index (χ0n) is 21.9. The van der Waals surface area contributed by atoms with Gasteiger partial charge in [0.1, 0.15) is 5.70 Å². The smallest absolute Gasteiger partial charge is 0.272 e. The van der Waals surface area contributed by atoms with Crippen LogP contribution in [0.15, 0.2) is 118 Å². The second kappa shape index (κ2) is 13.2. The summed E-state index contributed by atoms with van der Waals surface area (Å²) in [6, 6.07) is 29.5. The lowest BCUT2D eigenvalue weighted by Gasteiger charge is -2.15. The zero-order chi connectivity index (χ0) is 29.6. The molecule has 10 heteroatoms. The molecule has 1 saturated heterocycles. The molecule has 7 nitrogen and oxygen atoms in total. The van der Waals surface area contributed by atoms with Gasteiger partial charge in [-0.3, -0.25) is 19.2 Å². The van der Waals surface area contributed by atoms with E-state index in [4.69, 9.17) is 11.6 Å². The molecule has 4 aromatic carbocycles. The van der Waals surface area contributed by atoms with Crippen LogP contribution in [0.1, 0.15) is 22.3 Å². The molecule has 1 unspecified atom stereocenters. The molecule has 0 aliphatic carbocycles. The van der Waals surface area contributed by atoms with Crippen molar-refractivity contribution in [1.82, 2.24) is 5.32 Å². The normalized spacial score (nSPS) is 15.0. The van der Waals surface area contributed by atoms with Crippen molar-refractivity contribution in [3.05, 3.63) is 129 Å². The van der Waals surface area contributed by atoms with Gasteiger partial charge in [0, 0.05) is 32.1 Å². The fourth-order valence-electron chi connectivity index (χ4n) is 4.24. The average molecular weight is 661 g/mol. The summed E-state index contributed by atoms with van der Waals surface area (Å²) < 4.78 is 0.856. The highest BCUT2D eigenvalue weighted by Gasteiger charge is 2.40. The Morgan fingerprint density at radius 1 is 0.905 bits per heavy atom. The van der Waals surface area contributed by atoms with Crippen molar-refractivity contribution in [3.8, 4) is 0 Å². The van der Waals surface area contributed by atoms with Gasteiger partial charge in [0.25, 0.3) is 11.8 Å². The zero-order valence-corrected chi connectivity index (χ0v) is 25.1. The van der Waals surface area contributed by atoms with Gasteiger partial charge in [0.2, 0.25) is 11.8 Å². The Morgan fingerprint density at radius 2 is 1.62 bits per heavy atom. The molecular formula is C32H23BrClN3O4S. The van der Waals surface area contributed by atoms with Crippen LogP contribution < -0.4 is 15.5 Å². The highest BCUT2D eigenvalue weighted by Crippen LogP contribution is 2.34. The molecule has 0 bridgehead atoms. The molecule has 1 aliphatic heterocycles. The molecule has 1 heterocycles. The highest BCUT2D eigenvalue weighted by molar-refractivity contribution is 9.10. The van der Waals surface area contributed by atoms with E-state index in [0.29, 0.717) is 27.5 Å². The van der Waals surface area contributed by atoms with Gasteiger partial charge < -0.3 is 10.6 Å². The number of thioether (sulfide) groups is 1. The predicted molar refractivity (Wildman–Crippen MR) is 169 cm³/mol. The van der Waals surface area contributed by atoms with E-state index < -0.39 is 17.1 Å². The van der Waals surface area contributed by atoms with Crippen LogP contribution in [0.3, 0.4) is 0 Å². The molecule has 1 aliphatic rings. The van der Waals surface area contributed by atoms with E-state index in [9.17, 15) is 19.2 Å². The molecule has 0 saturated carbocycles. The molecular weight excluding hydrogens is 638 g/mol. The number of imide groups is 1. The minimum atomic E-state index is -0.554. The average Bonchev–Trinajstić information content (AvgIpc) is 3.26. The summed E-state index contributed by atoms with van der Waals surface area (Å²) in [5.41, 5.74) is 2.10. The maximum absolute atomic E-state index is 13.3. The van der Waals surface area contributed by atoms with E-state index in [1.807, 2.05) is 0 Å². The number of halogens is 2. The molecule has 4 aromatic rings. The summed E-state index contributed by atoms with van der Waals surface area (Å²) in [5, 5.41) is 5.44. The lowest BCUT2D eigenvalue weighted by molar-refractivity contribution is -0.121. The topological polar surface area (TPSA) is 95.6 Å². The third kappa shape index (κ3) is 7.17. The van der Waals surface area contributed by atoms with E-state index in [-0.39, 0.29) is 23.9 Å². The molecule has 0 radical (unpaired) electrons. The number of nitrogens with zero attached hydrogens (tertiary/aromatic N) is 1. The quantitative estimate of drug-likeness (QED) is 0.158. The second-order valence-electron chi connectivity index (χ2n) is 9.27. The number of nitrogens with one attached hydrogen (secondary N) is 2. The van der Waals surface area contributed by atoms with Gasteiger partial charge in [-0.05, 0) is 84.4 Å². The third-order valence-electron chi connectivity index (χ3n) is 6.27. The third-order valence-corrected chi connectivity index (χ3v) is 8.23. The van der Waals surface area contributed by atoms with Crippen molar-refractivity contribution in [1.29, 1.82) is 0 Å². The number of hydrogen-bond donors (Lipinski definition) is 2. The van der Waals surface area contributed by atoms with Gasteiger partial charge >= 0.3 is 0 Å². The largest absolute Gasteiger partial charge is 0.321 e. The van der Waals surface area contributed by atoms with Crippen LogP contribution in [-0.4, -0.2) is 28.9 Å². The Kier molecular flexibility index (Phi) is 9.22. The molecule has 210 valence electrons. The Hall–Kier alpha value is -4.18. The molecule has 1 fully saturated rings. The minimum absolute atomic E-state index is 0.0349. The Labute approximate surface area is 260 Å². The van der Waals surface area contributed by atoms with Gasteiger partial charge in [-0.1, -0.05) is 57.9 Å². The Morgan fingerprint density at radius 3 is 2.31 bits per heavy atom. The molecule has 2 N–H and O–H groups in total. The monoisotopic (exact) mass is 659 g/mol. The number of hydrogen-bond acceptors (Lipinski definition) is 5. The van der Waals surface area contributed by atoms with Crippen LogP contribution in [-0.2, 0) is 14.4 Å². The lowest BCUT2D eigenvalue weighted by atomic mass is 10.1. The van der Waals surface area contributed by atoms with Crippen LogP contribution in [0.4, 0.5) is 11.4 Å². The number of carbonyl (C=O) groups excluding carboxylic acids is 4. The number of amides is 4. The van der Waals surface area contributed by atoms with E-state index in [1.54, 1.807) is 109 Å². The van der Waals surface area contributed by atoms with E-state index in [1.165, 1.54) is 16.7 Å². The van der Waals surface area contributed by atoms with E-state index in [2.05, 4.69) is 26.6 Å². The Balaban J connectivity index is 1.28. The second-order valence-corrected chi connectivity index (χ2v) is 11.9. The highest BCUT2D eigenvalue weighted by atomic mass is 79.9. The number of anilines is 2. The van der Waals surface area contributed by atoms with Crippen molar-refractivity contribution in [3.63, 3.8) is 0 Å². The van der Waals surface area contributed by atoms with Crippen molar-refractivity contribution in [2.45, 2.75) is 16.6 Å². The molecule has 42 heavy (non-hydrogen) atoms. The van der Waals surface area contributed by atoms with Crippen molar-refractivity contribution in [2.75, 3.05) is 10.2 Å². The van der Waals surface area contributed by atoms with Gasteiger partial charge in [0.05, 0.1) is 10.9 Å². The van der Waals surface area contributed by atoms with Gasteiger partial charge in [-0.2, -0.15) is 0 Å². The fourth-order valence-corrected chi connectivity index (χ4v) is 5.76. The van der Waals surface area contributed by atoms with E-state index in [0.717, 1.165) is 9.37 Å². The lowest BCUT2D eigenvalue weighted by Crippen LogP contribution is -2.31. The maximum Gasteiger partial charge on any atom is 0.272 e. The maximum atomic E-state index is 13.3. The fraction of sp³-hybridized carbons (Fsp3) is 0.0625. The van der Waals surface area contributed by atoms with Crippen LogP contribution in [0.25, 0.3) is 6.08 Å². The van der Waals surface area contributed by atoms with Crippen LogP contribution in [0.2, 0.25) is 5.02 Å². The molecule has 0 spiro atoms. The standard InChI is InChI=1S/C32H23BrClN3O4S/c33-22-9-13-25(14-10-22)37-29(38)19-28(32(37)41)42-26-15-11-24(12-16-26)35-31(40)27(18-20-5-4-8-23(34)17-20)36-30(39)21-6-2-1-3-7-21/h1-18,28H,19H2,(H,35,40)(H,36,39)/b27-18-. The van der Waals surface area contributed by atoms with Gasteiger partial charge in [-0.15, -0.1) is 11.8 Å². The summed E-state index contributed by atoms with van der Waals surface area (Å²) >= 11 is 10.8. The van der Waals surface area contributed by atoms with Gasteiger partial charge in [-0.25, -0.2) is 4.90 Å². The summed E-state index contributed by atoms with van der Waals surface area (Å²) in [4.78, 5) is 53.7. The van der Waals surface area contributed by atoms with Crippen LogP contribution >= 0.6 is 39.3 Å². The first-order valence-corrected chi connectivity index (χ1v) is 14.9. The first-order chi connectivity index (χ1) is 20.3. The van der Waals surface area contributed by atoms with E-state index >= 15 is 0 Å². The predicted octanol–water partition coefficient (Wildman–Crippen LogP) is 6.94. The molecule has 5 rings (SSSR count). The molecule has 4 amide bonds. The number of carbonyl (C=O) groups is 4. The SMILES string of the molecule is O=C(Nc1ccc(SC2CC(=O)N(c3ccc(Br)cc3)C2=O)cc1)/C(=C/c1cccc(Cl)c1)NC(=O)c1ccccc1. The number of rotatable bonds is 8. The van der Waals surface area contributed by atoms with Crippen molar-refractivity contribution < 1.29 is 19.2 Å². The molecule has 1 atom stereocenters. The molecule has 0 aromatic heterocycles. The van der Waals surface area contributed by atoms with Crippen LogP contribution in [0, 0.1) is 0 Å². The summed E-state index contributed by atoms with van der Waals surface area (Å²) in [6.45, 7) is 0. The van der Waals surface area contributed by atoms with Gasteiger partial charge in [0.15, 0.2) is 0 Å². The minimum Gasteiger partial charge on any atom is -0.321 e.